The van der Waals surface area contributed by atoms with Gasteiger partial charge in [-0.15, -0.1) is 0 Å². The Morgan fingerprint density at radius 3 is 2.67 bits per heavy atom. The summed E-state index contributed by atoms with van der Waals surface area (Å²) < 4.78 is 33.1. The number of benzene rings is 2. The van der Waals surface area contributed by atoms with Crippen molar-refractivity contribution in [2.75, 3.05) is 7.11 Å². The van der Waals surface area contributed by atoms with Gasteiger partial charge in [0.15, 0.2) is 0 Å². The molecule has 1 aliphatic carbocycles. The van der Waals surface area contributed by atoms with Crippen LogP contribution in [0.25, 0.3) is 10.9 Å². The number of rotatable bonds is 4. The van der Waals surface area contributed by atoms with E-state index in [2.05, 4.69) is 9.71 Å². The molecule has 2 N–H and O–H groups in total. The molecule has 0 radical (unpaired) electrons. The highest BCUT2D eigenvalue weighted by atomic mass is 32.2. The van der Waals surface area contributed by atoms with Gasteiger partial charge in [0.05, 0.1) is 12.0 Å². The van der Waals surface area contributed by atoms with Crippen molar-refractivity contribution in [3.8, 4) is 5.75 Å². The maximum Gasteiger partial charge on any atom is 0.240 e. The summed E-state index contributed by atoms with van der Waals surface area (Å²) in [6, 6.07) is 14.3. The second-order valence-electron chi connectivity index (χ2n) is 6.03. The Morgan fingerprint density at radius 1 is 1.12 bits per heavy atom. The topological polar surface area (TPSA) is 71.2 Å². The highest BCUT2D eigenvalue weighted by Crippen LogP contribution is 2.32. The van der Waals surface area contributed by atoms with E-state index >= 15 is 0 Å². The molecule has 6 heteroatoms. The van der Waals surface area contributed by atoms with E-state index in [1.807, 2.05) is 18.2 Å². The first-order valence-electron chi connectivity index (χ1n) is 7.81. The zero-order chi connectivity index (χ0) is 16.7. The van der Waals surface area contributed by atoms with Gasteiger partial charge in [0.1, 0.15) is 5.75 Å². The number of fused-ring (bicyclic) bond motifs is 3. The predicted molar refractivity (Wildman–Crippen MR) is 92.8 cm³/mol. The first-order chi connectivity index (χ1) is 11.6. The van der Waals surface area contributed by atoms with Crippen molar-refractivity contribution in [2.45, 2.75) is 23.8 Å². The molecular weight excluding hydrogens is 324 g/mol. The van der Waals surface area contributed by atoms with E-state index in [1.54, 1.807) is 37.4 Å². The van der Waals surface area contributed by atoms with Crippen LogP contribution in [0.4, 0.5) is 0 Å². The van der Waals surface area contributed by atoms with Gasteiger partial charge in [0.2, 0.25) is 10.0 Å². The predicted octanol–water partition coefficient (Wildman–Crippen LogP) is 2.62. The van der Waals surface area contributed by atoms with E-state index in [0.717, 1.165) is 22.3 Å². The Hall–Kier alpha value is -2.31. The molecule has 24 heavy (non-hydrogen) atoms. The molecule has 1 aliphatic rings. The molecular formula is C18H18N2O3S. The average Bonchev–Trinajstić information content (AvgIpc) is 3.11. The average molecular weight is 342 g/mol. The van der Waals surface area contributed by atoms with Crippen LogP contribution < -0.4 is 9.46 Å². The molecule has 0 fully saturated rings. The highest BCUT2D eigenvalue weighted by Gasteiger charge is 2.29. The van der Waals surface area contributed by atoms with Gasteiger partial charge in [-0.2, -0.15) is 0 Å². The van der Waals surface area contributed by atoms with Crippen molar-refractivity contribution < 1.29 is 13.2 Å². The van der Waals surface area contributed by atoms with Gasteiger partial charge >= 0.3 is 0 Å². The Bertz CT molecular complexity index is 994. The number of aromatic nitrogens is 1. The molecule has 3 aromatic rings. The monoisotopic (exact) mass is 342 g/mol. The van der Waals surface area contributed by atoms with Gasteiger partial charge in [0.25, 0.3) is 0 Å². The van der Waals surface area contributed by atoms with Gasteiger partial charge in [-0.1, -0.05) is 18.2 Å². The van der Waals surface area contributed by atoms with Gasteiger partial charge in [0, 0.05) is 29.1 Å². The van der Waals surface area contributed by atoms with Crippen LogP contribution in [0.5, 0.6) is 5.75 Å². The summed E-state index contributed by atoms with van der Waals surface area (Å²) in [5.74, 6) is 0.803. The van der Waals surface area contributed by atoms with Crippen molar-refractivity contribution in [1.82, 2.24) is 9.71 Å². The van der Waals surface area contributed by atoms with Crippen LogP contribution >= 0.6 is 0 Å². The summed E-state index contributed by atoms with van der Waals surface area (Å²) >= 11 is 0. The van der Waals surface area contributed by atoms with Crippen molar-refractivity contribution in [1.29, 1.82) is 0 Å². The lowest BCUT2D eigenvalue weighted by Gasteiger charge is -2.13. The van der Waals surface area contributed by atoms with E-state index in [1.165, 1.54) is 5.56 Å². The molecule has 1 heterocycles. The van der Waals surface area contributed by atoms with Crippen molar-refractivity contribution >= 4 is 20.9 Å². The minimum Gasteiger partial charge on any atom is -0.497 e. The van der Waals surface area contributed by atoms with Crippen molar-refractivity contribution in [2.24, 2.45) is 0 Å². The molecule has 4 rings (SSSR count). The molecule has 0 amide bonds. The second kappa shape index (κ2) is 5.65. The van der Waals surface area contributed by atoms with Crippen LogP contribution in [0.3, 0.4) is 0 Å². The molecule has 124 valence electrons. The van der Waals surface area contributed by atoms with Gasteiger partial charge in [-0.3, -0.25) is 0 Å². The first-order valence-corrected chi connectivity index (χ1v) is 9.30. The smallest absolute Gasteiger partial charge is 0.240 e. The van der Waals surface area contributed by atoms with Crippen LogP contribution in [0, 0.1) is 0 Å². The van der Waals surface area contributed by atoms with Crippen LogP contribution in [0.15, 0.2) is 53.4 Å². The number of aromatic amines is 1. The van der Waals surface area contributed by atoms with Crippen LogP contribution in [-0.2, 0) is 22.9 Å². The largest absolute Gasteiger partial charge is 0.497 e. The highest BCUT2D eigenvalue weighted by molar-refractivity contribution is 7.89. The van der Waals surface area contributed by atoms with Gasteiger partial charge in [-0.05, 0) is 42.3 Å². The molecule has 0 saturated heterocycles. The zero-order valence-electron chi connectivity index (χ0n) is 13.2. The number of ether oxygens (including phenoxy) is 1. The molecule has 0 aliphatic heterocycles. The van der Waals surface area contributed by atoms with E-state index in [4.69, 9.17) is 4.74 Å². The third kappa shape index (κ3) is 2.57. The fourth-order valence-electron chi connectivity index (χ4n) is 3.35. The summed E-state index contributed by atoms with van der Waals surface area (Å²) in [5, 5.41) is 1.10. The summed E-state index contributed by atoms with van der Waals surface area (Å²) in [6.07, 6.45) is 1.34. The van der Waals surface area contributed by atoms with Crippen LogP contribution in [0.2, 0.25) is 0 Å². The van der Waals surface area contributed by atoms with Crippen LogP contribution in [-0.4, -0.2) is 26.6 Å². The van der Waals surface area contributed by atoms with Crippen molar-refractivity contribution in [3.63, 3.8) is 0 Å². The van der Waals surface area contributed by atoms with Gasteiger partial charge in [-0.25, -0.2) is 13.1 Å². The van der Waals surface area contributed by atoms with E-state index in [0.29, 0.717) is 17.7 Å². The Balaban J connectivity index is 1.60. The van der Waals surface area contributed by atoms with Crippen molar-refractivity contribution in [3.05, 3.63) is 59.8 Å². The molecule has 1 aromatic heterocycles. The standard InChI is InChI=1S/C18H18N2O3S/c1-23-13-7-8-17-16(11-13)15-9-12(10-18(15)19-17)20-24(21,22)14-5-3-2-4-6-14/h2-8,11-12,19-20H,9-10H2,1H3. The number of sulfonamides is 1. The normalized spacial score (nSPS) is 17.1. The van der Waals surface area contributed by atoms with Gasteiger partial charge < -0.3 is 9.72 Å². The summed E-state index contributed by atoms with van der Waals surface area (Å²) in [4.78, 5) is 3.69. The minimum atomic E-state index is -3.49. The molecule has 5 nitrogen and oxygen atoms in total. The quantitative estimate of drug-likeness (QED) is 0.766. The SMILES string of the molecule is COc1ccc2[nH]c3c(c2c1)CC(NS(=O)(=O)c1ccccc1)C3. The molecule has 0 saturated carbocycles. The maximum absolute atomic E-state index is 12.5. The van der Waals surface area contributed by atoms with E-state index < -0.39 is 10.0 Å². The number of H-pyrrole nitrogens is 1. The second-order valence-corrected chi connectivity index (χ2v) is 7.75. The number of hydrogen-bond donors (Lipinski definition) is 2. The summed E-state index contributed by atoms with van der Waals surface area (Å²) in [5.41, 5.74) is 3.33. The Kier molecular flexibility index (Phi) is 3.58. The maximum atomic E-state index is 12.5. The molecule has 0 spiro atoms. The lowest BCUT2D eigenvalue weighted by molar-refractivity contribution is 0.415. The van der Waals surface area contributed by atoms with E-state index in [-0.39, 0.29) is 6.04 Å². The zero-order valence-corrected chi connectivity index (χ0v) is 14.1. The molecule has 2 aromatic carbocycles. The number of methoxy groups -OCH3 is 1. The fraction of sp³-hybridized carbons (Fsp3) is 0.222. The summed E-state index contributed by atoms with van der Waals surface area (Å²) in [7, 11) is -1.85. The number of hydrogen-bond acceptors (Lipinski definition) is 3. The third-order valence-electron chi connectivity index (χ3n) is 4.48. The lowest BCUT2D eigenvalue weighted by Crippen LogP contribution is -2.35. The molecule has 1 atom stereocenters. The molecule has 1 unspecified atom stereocenters. The Morgan fingerprint density at radius 2 is 1.92 bits per heavy atom. The molecule has 0 bridgehead atoms. The first kappa shape index (κ1) is 15.2. The Labute approximate surface area is 140 Å². The fourth-order valence-corrected chi connectivity index (χ4v) is 4.61. The number of nitrogens with one attached hydrogen (secondary N) is 2. The van der Waals surface area contributed by atoms with Crippen LogP contribution in [0.1, 0.15) is 11.3 Å². The summed E-state index contributed by atoms with van der Waals surface area (Å²) in [6.45, 7) is 0. The lowest BCUT2D eigenvalue weighted by atomic mass is 10.1. The minimum absolute atomic E-state index is 0.132. The van der Waals surface area contributed by atoms with E-state index in [9.17, 15) is 8.42 Å². The third-order valence-corrected chi connectivity index (χ3v) is 6.01.